The molecule has 0 amide bonds. The normalized spacial score (nSPS) is 10.5. The number of hydrogen-bond acceptors (Lipinski definition) is 5. The van der Waals surface area contributed by atoms with Crippen LogP contribution in [0.15, 0.2) is 16.9 Å². The fourth-order valence-corrected chi connectivity index (χ4v) is 2.05. The molecule has 0 aromatic carbocycles. The molecule has 13 heavy (non-hydrogen) atoms. The standard InChI is InChI=1S/C6H6BrN5S/c7-4-1-10-13-5(4)3-12-9-2-6(8)11-12/h1-2H,3H2,(H2,8,11). The first-order chi connectivity index (χ1) is 6.25. The SMILES string of the molecule is Nc1cnn(Cc2sncc2Br)n1. The second-order valence-electron chi connectivity index (χ2n) is 2.40. The predicted octanol–water partition coefficient (Wildman–Crippen LogP) is 1.13. The molecule has 5 nitrogen and oxygen atoms in total. The van der Waals surface area contributed by atoms with Crippen molar-refractivity contribution in [3.05, 3.63) is 21.7 Å². The molecule has 2 heterocycles. The summed E-state index contributed by atoms with van der Waals surface area (Å²) in [5, 5.41) is 7.94. The Kier molecular flexibility index (Phi) is 2.28. The monoisotopic (exact) mass is 259 g/mol. The summed E-state index contributed by atoms with van der Waals surface area (Å²) in [4.78, 5) is 2.61. The lowest BCUT2D eigenvalue weighted by Crippen LogP contribution is -2.02. The highest BCUT2D eigenvalue weighted by atomic mass is 79.9. The molecule has 2 aromatic rings. The Morgan fingerprint density at radius 2 is 2.38 bits per heavy atom. The summed E-state index contributed by atoms with van der Waals surface area (Å²) in [5.74, 6) is 0.431. The second kappa shape index (κ2) is 3.43. The van der Waals surface area contributed by atoms with E-state index in [-0.39, 0.29) is 0 Å². The number of nitrogen functional groups attached to an aromatic ring is 1. The van der Waals surface area contributed by atoms with Crippen molar-refractivity contribution >= 4 is 33.3 Å². The fourth-order valence-electron chi connectivity index (χ4n) is 0.872. The van der Waals surface area contributed by atoms with E-state index in [0.29, 0.717) is 12.4 Å². The average Bonchev–Trinajstić information content (AvgIpc) is 2.64. The highest BCUT2D eigenvalue weighted by Crippen LogP contribution is 2.20. The van der Waals surface area contributed by atoms with Crippen LogP contribution in [0.1, 0.15) is 4.88 Å². The van der Waals surface area contributed by atoms with Gasteiger partial charge in [0.05, 0.1) is 28.3 Å². The van der Waals surface area contributed by atoms with Gasteiger partial charge in [-0.15, -0.1) is 5.10 Å². The van der Waals surface area contributed by atoms with E-state index in [1.807, 2.05) is 0 Å². The third-order valence-electron chi connectivity index (χ3n) is 1.43. The lowest BCUT2D eigenvalue weighted by Gasteiger charge is -1.95. The van der Waals surface area contributed by atoms with Crippen LogP contribution < -0.4 is 5.73 Å². The van der Waals surface area contributed by atoms with Crippen LogP contribution in [0.4, 0.5) is 5.82 Å². The predicted molar refractivity (Wildman–Crippen MR) is 53.4 cm³/mol. The molecule has 0 aliphatic rings. The molecule has 0 radical (unpaired) electrons. The zero-order valence-corrected chi connectivity index (χ0v) is 8.92. The lowest BCUT2D eigenvalue weighted by atomic mass is 10.5. The van der Waals surface area contributed by atoms with Crippen molar-refractivity contribution in [2.75, 3.05) is 5.73 Å². The van der Waals surface area contributed by atoms with Crippen molar-refractivity contribution in [2.24, 2.45) is 0 Å². The second-order valence-corrected chi connectivity index (χ2v) is 4.14. The molecule has 0 aliphatic carbocycles. The summed E-state index contributed by atoms with van der Waals surface area (Å²) in [6.07, 6.45) is 3.28. The van der Waals surface area contributed by atoms with Crippen LogP contribution in [0.5, 0.6) is 0 Å². The molecule has 2 rings (SSSR count). The van der Waals surface area contributed by atoms with Crippen LogP contribution in [0.3, 0.4) is 0 Å². The topological polar surface area (TPSA) is 69.6 Å². The van der Waals surface area contributed by atoms with E-state index in [1.165, 1.54) is 22.5 Å². The number of rotatable bonds is 2. The van der Waals surface area contributed by atoms with Gasteiger partial charge >= 0.3 is 0 Å². The molecule has 0 unspecified atom stereocenters. The summed E-state index contributed by atoms with van der Waals surface area (Å²) in [7, 11) is 0. The summed E-state index contributed by atoms with van der Waals surface area (Å²) < 4.78 is 5.00. The zero-order valence-electron chi connectivity index (χ0n) is 6.51. The zero-order chi connectivity index (χ0) is 9.26. The van der Waals surface area contributed by atoms with E-state index in [2.05, 4.69) is 30.5 Å². The molecular weight excluding hydrogens is 254 g/mol. The molecule has 0 atom stereocenters. The highest BCUT2D eigenvalue weighted by Gasteiger charge is 2.04. The lowest BCUT2D eigenvalue weighted by molar-refractivity contribution is 0.597. The molecule has 0 aliphatic heterocycles. The number of aromatic nitrogens is 4. The van der Waals surface area contributed by atoms with Gasteiger partial charge in [-0.2, -0.15) is 14.3 Å². The van der Waals surface area contributed by atoms with E-state index in [1.54, 1.807) is 6.20 Å². The highest BCUT2D eigenvalue weighted by molar-refractivity contribution is 9.10. The number of anilines is 1. The Morgan fingerprint density at radius 3 is 2.92 bits per heavy atom. The van der Waals surface area contributed by atoms with Crippen LogP contribution in [0.25, 0.3) is 0 Å². The van der Waals surface area contributed by atoms with E-state index in [4.69, 9.17) is 5.73 Å². The third kappa shape index (κ3) is 1.86. The van der Waals surface area contributed by atoms with Crippen molar-refractivity contribution in [3.8, 4) is 0 Å². The third-order valence-corrected chi connectivity index (χ3v) is 3.16. The molecule has 2 aromatic heterocycles. The van der Waals surface area contributed by atoms with E-state index in [0.717, 1.165) is 9.35 Å². The number of nitrogens with zero attached hydrogens (tertiary/aromatic N) is 4. The van der Waals surface area contributed by atoms with Gasteiger partial charge in [0, 0.05) is 0 Å². The Labute approximate surface area is 86.9 Å². The van der Waals surface area contributed by atoms with Crippen molar-refractivity contribution in [3.63, 3.8) is 0 Å². The minimum absolute atomic E-state index is 0.431. The maximum atomic E-state index is 5.43. The number of hydrogen-bond donors (Lipinski definition) is 1. The minimum Gasteiger partial charge on any atom is -0.381 e. The van der Waals surface area contributed by atoms with Gasteiger partial charge in [-0.05, 0) is 27.5 Å². The molecule has 0 spiro atoms. The Balaban J connectivity index is 2.19. The summed E-state index contributed by atoms with van der Waals surface area (Å²) >= 11 is 4.79. The first-order valence-electron chi connectivity index (χ1n) is 3.50. The largest absolute Gasteiger partial charge is 0.381 e. The smallest absolute Gasteiger partial charge is 0.165 e. The van der Waals surface area contributed by atoms with Gasteiger partial charge in [-0.3, -0.25) is 0 Å². The molecule has 0 fully saturated rings. The molecule has 0 saturated heterocycles. The molecular formula is C6H6BrN5S. The van der Waals surface area contributed by atoms with Crippen LogP contribution in [-0.2, 0) is 6.54 Å². The van der Waals surface area contributed by atoms with Crippen molar-refractivity contribution in [1.29, 1.82) is 0 Å². The van der Waals surface area contributed by atoms with Crippen LogP contribution >= 0.6 is 27.5 Å². The molecule has 0 bridgehead atoms. The first kappa shape index (κ1) is 8.64. The van der Waals surface area contributed by atoms with Gasteiger partial charge in [0.2, 0.25) is 0 Å². The van der Waals surface area contributed by atoms with Gasteiger partial charge in [0.15, 0.2) is 5.82 Å². The Morgan fingerprint density at radius 1 is 1.54 bits per heavy atom. The van der Waals surface area contributed by atoms with Gasteiger partial charge in [0.25, 0.3) is 0 Å². The maximum absolute atomic E-state index is 5.43. The van der Waals surface area contributed by atoms with Crippen molar-refractivity contribution in [1.82, 2.24) is 19.4 Å². The number of nitrogens with two attached hydrogens (primary N) is 1. The Bertz CT molecular complexity index is 409. The molecule has 68 valence electrons. The van der Waals surface area contributed by atoms with Crippen LogP contribution in [-0.4, -0.2) is 19.4 Å². The molecule has 2 N–H and O–H groups in total. The number of halogens is 1. The van der Waals surface area contributed by atoms with Crippen LogP contribution in [0, 0.1) is 0 Å². The minimum atomic E-state index is 0.431. The fraction of sp³-hybridized carbons (Fsp3) is 0.167. The summed E-state index contributed by atoms with van der Waals surface area (Å²) in [5.41, 5.74) is 5.43. The van der Waals surface area contributed by atoms with Gasteiger partial charge in [-0.1, -0.05) is 0 Å². The Hall–Kier alpha value is -0.950. The van der Waals surface area contributed by atoms with E-state index in [9.17, 15) is 0 Å². The average molecular weight is 260 g/mol. The van der Waals surface area contributed by atoms with Gasteiger partial charge in [-0.25, -0.2) is 0 Å². The van der Waals surface area contributed by atoms with Crippen molar-refractivity contribution < 1.29 is 0 Å². The van der Waals surface area contributed by atoms with Crippen LogP contribution in [0.2, 0.25) is 0 Å². The summed E-state index contributed by atoms with van der Waals surface area (Å²) in [6.45, 7) is 0.600. The molecule has 7 heteroatoms. The quantitative estimate of drug-likeness (QED) is 0.878. The van der Waals surface area contributed by atoms with E-state index >= 15 is 0 Å². The maximum Gasteiger partial charge on any atom is 0.165 e. The van der Waals surface area contributed by atoms with Gasteiger partial charge < -0.3 is 5.73 Å². The van der Waals surface area contributed by atoms with Gasteiger partial charge in [0.1, 0.15) is 0 Å². The van der Waals surface area contributed by atoms with Crippen molar-refractivity contribution in [2.45, 2.75) is 6.54 Å². The van der Waals surface area contributed by atoms with E-state index < -0.39 is 0 Å². The first-order valence-corrected chi connectivity index (χ1v) is 5.07. The summed E-state index contributed by atoms with van der Waals surface area (Å²) in [6, 6.07) is 0. The molecule has 0 saturated carbocycles.